The third kappa shape index (κ3) is 8.27. The van der Waals surface area contributed by atoms with Crippen molar-refractivity contribution < 1.29 is 38.9 Å². The van der Waals surface area contributed by atoms with Gasteiger partial charge in [-0.05, 0) is 50.2 Å². The lowest BCUT2D eigenvalue weighted by Gasteiger charge is -2.06. The first kappa shape index (κ1) is 25.8. The normalized spacial score (nSPS) is 9.56. The lowest BCUT2D eigenvalue weighted by atomic mass is 10.1. The van der Waals surface area contributed by atoms with E-state index in [0.717, 1.165) is 0 Å². The van der Waals surface area contributed by atoms with Gasteiger partial charge in [-0.1, -0.05) is 25.3 Å². The second-order valence-electron chi connectivity index (χ2n) is 6.41. The SMILES string of the molecule is C=CCOc1cc(C(C)=O)cc(C(=O)O)c1.C=CCOc1cc(C(C)=O)cc(C(=O)O)c1. The Morgan fingerprint density at radius 2 is 1.00 bits per heavy atom. The predicted molar refractivity (Wildman–Crippen MR) is 118 cm³/mol. The van der Waals surface area contributed by atoms with E-state index in [-0.39, 0.29) is 35.9 Å². The third-order valence-corrected chi connectivity index (χ3v) is 3.86. The Bertz CT molecular complexity index is 888. The zero-order valence-corrected chi connectivity index (χ0v) is 17.8. The van der Waals surface area contributed by atoms with E-state index in [4.69, 9.17) is 19.7 Å². The summed E-state index contributed by atoms with van der Waals surface area (Å²) < 4.78 is 10.4. The summed E-state index contributed by atoms with van der Waals surface area (Å²) in [5, 5.41) is 17.7. The zero-order valence-electron chi connectivity index (χ0n) is 17.8. The van der Waals surface area contributed by atoms with Gasteiger partial charge >= 0.3 is 11.9 Å². The van der Waals surface area contributed by atoms with E-state index in [1.165, 1.54) is 50.2 Å². The monoisotopic (exact) mass is 440 g/mol. The summed E-state index contributed by atoms with van der Waals surface area (Å²) in [5.41, 5.74) is 0.705. The molecule has 2 aromatic carbocycles. The summed E-state index contributed by atoms with van der Waals surface area (Å²) in [7, 11) is 0. The molecule has 0 spiro atoms. The van der Waals surface area contributed by atoms with E-state index >= 15 is 0 Å². The fraction of sp³-hybridized carbons (Fsp3) is 0.167. The highest BCUT2D eigenvalue weighted by Gasteiger charge is 2.11. The Morgan fingerprint density at radius 1 is 0.688 bits per heavy atom. The van der Waals surface area contributed by atoms with Gasteiger partial charge in [0.2, 0.25) is 0 Å². The second-order valence-corrected chi connectivity index (χ2v) is 6.41. The van der Waals surface area contributed by atoms with Crippen molar-refractivity contribution in [3.8, 4) is 11.5 Å². The zero-order chi connectivity index (χ0) is 24.3. The van der Waals surface area contributed by atoms with Crippen molar-refractivity contribution in [2.24, 2.45) is 0 Å². The van der Waals surface area contributed by atoms with Gasteiger partial charge in [-0.2, -0.15) is 0 Å². The van der Waals surface area contributed by atoms with Crippen LogP contribution in [0.5, 0.6) is 11.5 Å². The van der Waals surface area contributed by atoms with Crippen LogP contribution in [-0.2, 0) is 0 Å². The highest BCUT2D eigenvalue weighted by molar-refractivity contribution is 5.98. The van der Waals surface area contributed by atoms with E-state index < -0.39 is 11.9 Å². The molecule has 0 atom stereocenters. The van der Waals surface area contributed by atoms with E-state index in [0.29, 0.717) is 22.6 Å². The number of carboxylic acid groups (broad SMARTS) is 2. The largest absolute Gasteiger partial charge is 0.490 e. The summed E-state index contributed by atoms with van der Waals surface area (Å²) in [6.07, 6.45) is 3.09. The van der Waals surface area contributed by atoms with Crippen molar-refractivity contribution >= 4 is 23.5 Å². The molecular formula is C24H24O8. The molecule has 32 heavy (non-hydrogen) atoms. The van der Waals surface area contributed by atoms with Gasteiger partial charge in [0.15, 0.2) is 11.6 Å². The van der Waals surface area contributed by atoms with Crippen molar-refractivity contribution in [3.63, 3.8) is 0 Å². The number of carbonyl (C=O) groups excluding carboxylic acids is 2. The van der Waals surface area contributed by atoms with Crippen LogP contribution in [0.1, 0.15) is 55.3 Å². The molecule has 8 nitrogen and oxygen atoms in total. The maximum Gasteiger partial charge on any atom is 0.335 e. The lowest BCUT2D eigenvalue weighted by Crippen LogP contribution is -2.03. The smallest absolute Gasteiger partial charge is 0.335 e. The first-order valence-electron chi connectivity index (χ1n) is 9.35. The van der Waals surface area contributed by atoms with Gasteiger partial charge in [-0.25, -0.2) is 9.59 Å². The maximum atomic E-state index is 11.2. The number of hydrogen-bond donors (Lipinski definition) is 2. The number of ketones is 2. The van der Waals surface area contributed by atoms with E-state index in [9.17, 15) is 19.2 Å². The number of rotatable bonds is 10. The number of carbonyl (C=O) groups is 4. The van der Waals surface area contributed by atoms with Gasteiger partial charge in [-0.3, -0.25) is 9.59 Å². The summed E-state index contributed by atoms with van der Waals surface area (Å²) in [4.78, 5) is 44.0. The Morgan fingerprint density at radius 3 is 1.25 bits per heavy atom. The minimum Gasteiger partial charge on any atom is -0.490 e. The molecule has 0 saturated heterocycles. The molecule has 0 aromatic heterocycles. The Kier molecular flexibility index (Phi) is 10.1. The van der Waals surface area contributed by atoms with Crippen molar-refractivity contribution in [1.29, 1.82) is 0 Å². The summed E-state index contributed by atoms with van der Waals surface area (Å²) in [6.45, 7) is 10.2. The van der Waals surface area contributed by atoms with Crippen LogP contribution in [0.15, 0.2) is 61.7 Å². The van der Waals surface area contributed by atoms with Crippen LogP contribution < -0.4 is 9.47 Å². The van der Waals surface area contributed by atoms with Crippen LogP contribution in [0.3, 0.4) is 0 Å². The molecule has 0 bridgehead atoms. The van der Waals surface area contributed by atoms with Crippen LogP contribution in [0, 0.1) is 0 Å². The first-order valence-corrected chi connectivity index (χ1v) is 9.35. The number of ether oxygens (including phenoxy) is 2. The van der Waals surface area contributed by atoms with Gasteiger partial charge in [0.25, 0.3) is 0 Å². The van der Waals surface area contributed by atoms with Gasteiger partial charge in [0, 0.05) is 11.1 Å². The number of aromatic carboxylic acids is 2. The standard InChI is InChI=1S/2C12H12O4/c2*1-3-4-16-11-6-9(8(2)13)5-10(7-11)12(14)15/h2*3,5-7H,1,4H2,2H3,(H,14,15). The Labute approximate surface area is 185 Å². The number of carboxylic acids is 2. The molecule has 0 heterocycles. The van der Waals surface area contributed by atoms with E-state index in [2.05, 4.69) is 13.2 Å². The van der Waals surface area contributed by atoms with Crippen LogP contribution in [-0.4, -0.2) is 46.9 Å². The van der Waals surface area contributed by atoms with Crippen molar-refractivity contribution in [3.05, 3.63) is 84.0 Å². The summed E-state index contributed by atoms with van der Waals surface area (Å²) >= 11 is 0. The van der Waals surface area contributed by atoms with Crippen LogP contribution in [0.4, 0.5) is 0 Å². The van der Waals surface area contributed by atoms with Gasteiger partial charge < -0.3 is 19.7 Å². The molecular weight excluding hydrogens is 416 g/mol. The second kappa shape index (κ2) is 12.5. The Hall–Kier alpha value is -4.20. The molecule has 0 unspecified atom stereocenters. The maximum absolute atomic E-state index is 11.2. The molecule has 2 N–H and O–H groups in total. The van der Waals surface area contributed by atoms with Gasteiger partial charge in [-0.15, -0.1) is 0 Å². The fourth-order valence-electron chi connectivity index (χ4n) is 2.33. The first-order chi connectivity index (χ1) is 15.1. The molecule has 0 amide bonds. The minimum atomic E-state index is -1.09. The van der Waals surface area contributed by atoms with Crippen LogP contribution >= 0.6 is 0 Å². The molecule has 0 fully saturated rings. The highest BCUT2D eigenvalue weighted by atomic mass is 16.5. The minimum absolute atomic E-state index is 0.0340. The van der Waals surface area contributed by atoms with Crippen molar-refractivity contribution in [1.82, 2.24) is 0 Å². The number of benzene rings is 2. The van der Waals surface area contributed by atoms with Crippen molar-refractivity contribution in [2.45, 2.75) is 13.8 Å². The summed E-state index contributed by atoms with van der Waals surface area (Å²) in [6, 6.07) is 8.42. The van der Waals surface area contributed by atoms with Gasteiger partial charge in [0.1, 0.15) is 24.7 Å². The topological polar surface area (TPSA) is 127 Å². The van der Waals surface area contributed by atoms with Crippen molar-refractivity contribution in [2.75, 3.05) is 13.2 Å². The number of hydrogen-bond acceptors (Lipinski definition) is 6. The molecule has 0 aliphatic carbocycles. The van der Waals surface area contributed by atoms with Crippen LogP contribution in [0.25, 0.3) is 0 Å². The Balaban J connectivity index is 0.000000320. The molecule has 8 heteroatoms. The lowest BCUT2D eigenvalue weighted by molar-refractivity contribution is 0.0685. The molecule has 0 radical (unpaired) electrons. The van der Waals surface area contributed by atoms with Gasteiger partial charge in [0.05, 0.1) is 11.1 Å². The molecule has 0 saturated carbocycles. The average molecular weight is 440 g/mol. The molecule has 168 valence electrons. The third-order valence-electron chi connectivity index (χ3n) is 3.86. The molecule has 0 aliphatic rings. The molecule has 0 aliphatic heterocycles. The molecule has 2 aromatic rings. The quantitative estimate of drug-likeness (QED) is 0.413. The summed E-state index contributed by atoms with van der Waals surface area (Å²) in [5.74, 6) is -1.88. The highest BCUT2D eigenvalue weighted by Crippen LogP contribution is 2.19. The average Bonchev–Trinajstić information content (AvgIpc) is 2.76. The fourth-order valence-corrected chi connectivity index (χ4v) is 2.33. The predicted octanol–water partition coefficient (Wildman–Crippen LogP) is 4.30. The van der Waals surface area contributed by atoms with E-state index in [1.54, 1.807) is 12.2 Å². The van der Waals surface area contributed by atoms with Crippen LogP contribution in [0.2, 0.25) is 0 Å². The number of Topliss-reactive ketones (excluding diaryl/α,β-unsaturated/α-hetero) is 2. The molecule has 2 rings (SSSR count). The van der Waals surface area contributed by atoms with E-state index in [1.807, 2.05) is 0 Å².